The molecule has 0 aliphatic heterocycles. The van der Waals surface area contributed by atoms with Crippen molar-refractivity contribution in [3.05, 3.63) is 23.1 Å². The Morgan fingerprint density at radius 1 is 1.35 bits per heavy atom. The molecule has 1 heterocycles. The highest BCUT2D eigenvalue weighted by Crippen LogP contribution is 2.28. The van der Waals surface area contributed by atoms with E-state index in [0.29, 0.717) is 6.07 Å². The number of alkyl halides is 5. The summed E-state index contributed by atoms with van der Waals surface area (Å²) in [7, 11) is 0. The van der Waals surface area contributed by atoms with Gasteiger partial charge in [0.1, 0.15) is 5.69 Å². The Kier molecular flexibility index (Phi) is 3.81. The molecule has 0 spiro atoms. The fourth-order valence-corrected chi connectivity index (χ4v) is 1.01. The molecule has 96 valence electrons. The molecule has 0 unspecified atom stereocenters. The van der Waals surface area contributed by atoms with E-state index in [0.717, 1.165) is 0 Å². The maximum atomic E-state index is 13.1. The van der Waals surface area contributed by atoms with Crippen molar-refractivity contribution in [3.8, 4) is 5.88 Å². The summed E-state index contributed by atoms with van der Waals surface area (Å²) in [6.45, 7) is -1.05. The van der Waals surface area contributed by atoms with Crippen LogP contribution in [0.4, 0.5) is 26.3 Å². The first-order valence-electron chi connectivity index (χ1n) is 4.08. The average molecular weight is 261 g/mol. The summed E-state index contributed by atoms with van der Waals surface area (Å²) >= 11 is 0. The highest BCUT2D eigenvalue weighted by molar-refractivity contribution is 5.27. The number of aromatic nitrogens is 1. The van der Waals surface area contributed by atoms with Crippen molar-refractivity contribution in [2.45, 2.75) is 19.4 Å². The second-order valence-corrected chi connectivity index (χ2v) is 2.83. The van der Waals surface area contributed by atoms with Gasteiger partial charge in [-0.2, -0.15) is 0 Å². The number of aliphatic hydroxyl groups is 1. The lowest BCUT2D eigenvalue weighted by molar-refractivity contribution is -0.276. The van der Waals surface area contributed by atoms with Gasteiger partial charge in [0.25, 0.3) is 6.43 Å². The van der Waals surface area contributed by atoms with E-state index in [4.69, 9.17) is 5.11 Å². The lowest BCUT2D eigenvalue weighted by Gasteiger charge is -2.11. The van der Waals surface area contributed by atoms with Gasteiger partial charge in [0.05, 0.1) is 6.61 Å². The molecule has 0 fully saturated rings. The molecule has 0 bridgehead atoms. The zero-order valence-corrected chi connectivity index (χ0v) is 7.93. The van der Waals surface area contributed by atoms with Gasteiger partial charge in [-0.25, -0.2) is 18.2 Å². The topological polar surface area (TPSA) is 42.4 Å². The first-order chi connectivity index (χ1) is 7.74. The van der Waals surface area contributed by atoms with Gasteiger partial charge in [-0.15, -0.1) is 13.2 Å². The summed E-state index contributed by atoms with van der Waals surface area (Å²) in [6, 6.07) is 0.398. The normalized spacial score (nSPS) is 12.0. The second-order valence-electron chi connectivity index (χ2n) is 2.83. The van der Waals surface area contributed by atoms with E-state index in [9.17, 15) is 26.3 Å². The van der Waals surface area contributed by atoms with Crippen LogP contribution in [0.25, 0.3) is 0 Å². The number of pyridine rings is 1. The SMILES string of the molecule is OCc1cc(OC(F)(F)F)nc(C(F)F)c1F. The molecule has 1 N–H and O–H groups in total. The third-order valence-electron chi connectivity index (χ3n) is 1.63. The first-order valence-corrected chi connectivity index (χ1v) is 4.08. The molecule has 0 amide bonds. The fourth-order valence-electron chi connectivity index (χ4n) is 1.01. The largest absolute Gasteiger partial charge is 0.574 e. The van der Waals surface area contributed by atoms with E-state index in [1.807, 2.05) is 0 Å². The predicted octanol–water partition coefficient (Wildman–Crippen LogP) is 2.55. The summed E-state index contributed by atoms with van der Waals surface area (Å²) < 4.78 is 76.3. The number of ether oxygens (including phenoxy) is 1. The highest BCUT2D eigenvalue weighted by atomic mass is 19.4. The van der Waals surface area contributed by atoms with Crippen LogP contribution < -0.4 is 4.74 Å². The van der Waals surface area contributed by atoms with Gasteiger partial charge in [-0.05, 0) is 0 Å². The highest BCUT2D eigenvalue weighted by Gasteiger charge is 2.33. The van der Waals surface area contributed by atoms with Crippen LogP contribution in [0.2, 0.25) is 0 Å². The Morgan fingerprint density at radius 2 is 1.94 bits per heavy atom. The molecule has 0 radical (unpaired) electrons. The molecular weight excluding hydrogens is 256 g/mol. The molecule has 1 aromatic heterocycles. The number of aliphatic hydroxyl groups excluding tert-OH is 1. The standard InChI is InChI=1S/C8H5F6NO2/c9-5-3(2-16)1-4(17-8(12,13)14)15-6(5)7(10)11/h1,7,16H,2H2. The second kappa shape index (κ2) is 4.78. The molecule has 0 saturated carbocycles. The molecule has 17 heavy (non-hydrogen) atoms. The van der Waals surface area contributed by atoms with Crippen LogP contribution in [0.5, 0.6) is 5.88 Å². The van der Waals surface area contributed by atoms with E-state index in [2.05, 4.69) is 9.72 Å². The quantitative estimate of drug-likeness (QED) is 0.850. The summed E-state index contributed by atoms with van der Waals surface area (Å²) in [4.78, 5) is 2.69. The van der Waals surface area contributed by atoms with Crippen LogP contribution in [0.15, 0.2) is 6.07 Å². The Hall–Kier alpha value is -1.51. The van der Waals surface area contributed by atoms with Crippen LogP contribution in [0, 0.1) is 5.82 Å². The molecule has 3 nitrogen and oxygen atoms in total. The van der Waals surface area contributed by atoms with Gasteiger partial charge in [0, 0.05) is 11.6 Å². The van der Waals surface area contributed by atoms with Gasteiger partial charge in [-0.3, -0.25) is 0 Å². The maximum absolute atomic E-state index is 13.1. The van der Waals surface area contributed by atoms with E-state index in [-0.39, 0.29) is 0 Å². The summed E-state index contributed by atoms with van der Waals surface area (Å²) in [6.07, 6.45) is -8.56. The number of hydrogen-bond donors (Lipinski definition) is 1. The number of nitrogens with zero attached hydrogens (tertiary/aromatic N) is 1. The van der Waals surface area contributed by atoms with Crippen molar-refractivity contribution in [2.24, 2.45) is 0 Å². The molecule has 0 atom stereocenters. The smallest absolute Gasteiger partial charge is 0.392 e. The zero-order chi connectivity index (χ0) is 13.2. The minimum absolute atomic E-state index is 0.398. The molecule has 0 aliphatic rings. The van der Waals surface area contributed by atoms with Crippen molar-refractivity contribution in [1.82, 2.24) is 4.98 Å². The van der Waals surface area contributed by atoms with E-state index < -0.39 is 42.3 Å². The Balaban J connectivity index is 3.21. The zero-order valence-electron chi connectivity index (χ0n) is 7.93. The molecule has 0 saturated heterocycles. The Labute approximate surface area is 90.6 Å². The fraction of sp³-hybridized carbons (Fsp3) is 0.375. The van der Waals surface area contributed by atoms with Crippen molar-refractivity contribution in [2.75, 3.05) is 0 Å². The maximum Gasteiger partial charge on any atom is 0.574 e. The predicted molar refractivity (Wildman–Crippen MR) is 41.8 cm³/mol. The van der Waals surface area contributed by atoms with Crippen molar-refractivity contribution in [1.29, 1.82) is 0 Å². The van der Waals surface area contributed by atoms with E-state index in [1.165, 1.54) is 0 Å². The molecule has 0 aromatic carbocycles. The Morgan fingerprint density at radius 3 is 2.35 bits per heavy atom. The van der Waals surface area contributed by atoms with Crippen LogP contribution in [0.3, 0.4) is 0 Å². The molecule has 1 aromatic rings. The van der Waals surface area contributed by atoms with Crippen LogP contribution in [0.1, 0.15) is 17.7 Å². The lowest BCUT2D eigenvalue weighted by atomic mass is 10.2. The minimum atomic E-state index is -5.14. The van der Waals surface area contributed by atoms with Crippen molar-refractivity contribution >= 4 is 0 Å². The number of rotatable bonds is 3. The van der Waals surface area contributed by atoms with Gasteiger partial charge >= 0.3 is 6.36 Å². The van der Waals surface area contributed by atoms with Crippen LogP contribution >= 0.6 is 0 Å². The minimum Gasteiger partial charge on any atom is -0.392 e. The lowest BCUT2D eigenvalue weighted by Crippen LogP contribution is -2.19. The number of hydrogen-bond acceptors (Lipinski definition) is 3. The van der Waals surface area contributed by atoms with Crippen LogP contribution in [-0.4, -0.2) is 16.5 Å². The Bertz CT molecular complexity index is 406. The summed E-state index contributed by atoms with van der Waals surface area (Å²) in [5, 5.41) is 8.60. The first kappa shape index (κ1) is 13.6. The molecule has 1 rings (SSSR count). The third-order valence-corrected chi connectivity index (χ3v) is 1.63. The summed E-state index contributed by atoms with van der Waals surface area (Å²) in [5.41, 5.74) is -2.26. The van der Waals surface area contributed by atoms with Gasteiger partial charge in [0.15, 0.2) is 5.82 Å². The number of halogens is 6. The molecule has 0 aliphatic carbocycles. The van der Waals surface area contributed by atoms with Gasteiger partial charge in [0.2, 0.25) is 5.88 Å². The van der Waals surface area contributed by atoms with Gasteiger partial charge < -0.3 is 9.84 Å². The average Bonchev–Trinajstić information content (AvgIpc) is 2.17. The monoisotopic (exact) mass is 261 g/mol. The third kappa shape index (κ3) is 3.48. The molecular formula is C8H5F6NO2. The molecule has 9 heteroatoms. The van der Waals surface area contributed by atoms with Crippen LogP contribution in [-0.2, 0) is 6.61 Å². The van der Waals surface area contributed by atoms with Gasteiger partial charge in [-0.1, -0.05) is 0 Å². The van der Waals surface area contributed by atoms with E-state index in [1.54, 1.807) is 0 Å². The van der Waals surface area contributed by atoms with Crippen molar-refractivity contribution < 1.29 is 36.2 Å². The van der Waals surface area contributed by atoms with E-state index >= 15 is 0 Å². The van der Waals surface area contributed by atoms with Crippen molar-refractivity contribution in [3.63, 3.8) is 0 Å². The summed E-state index contributed by atoms with van der Waals surface area (Å²) in [5.74, 6) is -2.81.